The van der Waals surface area contributed by atoms with Crippen molar-refractivity contribution in [3.8, 4) is 22.9 Å². The zero-order valence-corrected chi connectivity index (χ0v) is 24.2. The molecule has 0 amide bonds. The Morgan fingerprint density at radius 1 is 0.585 bits per heavy atom. The summed E-state index contributed by atoms with van der Waals surface area (Å²) in [5.74, 6) is 1.72. The average Bonchev–Trinajstić information content (AvgIpc) is 3.59. The fraction of sp³-hybridized carbons (Fsp3) is 0.0857. The second kappa shape index (κ2) is 9.02. The second-order valence-electron chi connectivity index (χ2n) is 10.7. The van der Waals surface area contributed by atoms with E-state index < -0.39 is 5.41 Å². The van der Waals surface area contributed by atoms with Gasteiger partial charge in [-0.3, -0.25) is 0 Å². The van der Waals surface area contributed by atoms with Gasteiger partial charge in [0.15, 0.2) is 0 Å². The molecule has 0 radical (unpaired) electrons. The Morgan fingerprint density at radius 2 is 1.07 bits per heavy atom. The largest absolute Gasteiger partial charge is 4.00 e. The number of imidazole rings is 2. The Kier molecular flexibility index (Phi) is 5.35. The molecule has 5 aliphatic rings. The molecule has 0 fully saturated rings. The molecule has 5 aliphatic heterocycles. The molecule has 0 aromatic heterocycles. The van der Waals surface area contributed by atoms with E-state index in [0.29, 0.717) is 13.1 Å². The van der Waals surface area contributed by atoms with Gasteiger partial charge < -0.3 is 23.2 Å². The van der Waals surface area contributed by atoms with Crippen molar-refractivity contribution in [2.75, 3.05) is 0 Å². The topological polar surface area (TPSA) is 28.9 Å². The fourth-order valence-corrected chi connectivity index (χ4v) is 6.65. The summed E-state index contributed by atoms with van der Waals surface area (Å²) in [5.41, 5.74) is 8.23. The minimum atomic E-state index is -0.642. The van der Waals surface area contributed by atoms with Gasteiger partial charge in [-0.2, -0.15) is 48.5 Å². The Labute approximate surface area is 252 Å². The summed E-state index contributed by atoms with van der Waals surface area (Å²) in [6.07, 6.45) is 8.71. The van der Waals surface area contributed by atoms with E-state index in [2.05, 4.69) is 141 Å². The van der Waals surface area contributed by atoms with Gasteiger partial charge in [-0.15, -0.1) is 46.8 Å². The van der Waals surface area contributed by atoms with Gasteiger partial charge in [0.2, 0.25) is 0 Å². The number of hydrogen-bond acceptors (Lipinski definition) is 1. The monoisotopic (exact) mass is 711 g/mol. The molecule has 0 unspecified atom stereocenters. The number of benzene rings is 4. The molecule has 0 saturated heterocycles. The van der Waals surface area contributed by atoms with Crippen molar-refractivity contribution in [2.45, 2.75) is 18.5 Å². The first-order valence-corrected chi connectivity index (χ1v) is 13.6. The minimum Gasteiger partial charge on any atom is -0.457 e. The summed E-state index contributed by atoms with van der Waals surface area (Å²) in [6, 6.07) is 42.0. The first kappa shape index (κ1) is 24.3. The third kappa shape index (κ3) is 3.52. The molecule has 8 bridgehead atoms. The van der Waals surface area contributed by atoms with E-state index >= 15 is 0 Å². The minimum absolute atomic E-state index is 0. The molecule has 5 heterocycles. The normalized spacial score (nSPS) is 14.3. The molecule has 4 aromatic carbocycles. The summed E-state index contributed by atoms with van der Waals surface area (Å²) in [6.45, 7) is 1.41. The first-order chi connectivity index (χ1) is 19.8. The number of nitrogens with zero attached hydrogens (tertiary/aromatic N) is 4. The quantitative estimate of drug-likeness (QED) is 0.159. The Morgan fingerprint density at radius 3 is 1.59 bits per heavy atom. The number of para-hydroxylation sites is 2. The molecule has 6 heteroatoms. The fourth-order valence-electron chi connectivity index (χ4n) is 6.65. The van der Waals surface area contributed by atoms with E-state index in [1.165, 1.54) is 0 Å². The molecule has 41 heavy (non-hydrogen) atoms. The van der Waals surface area contributed by atoms with E-state index in [4.69, 9.17) is 4.74 Å². The van der Waals surface area contributed by atoms with Gasteiger partial charge in [0.1, 0.15) is 11.5 Å². The standard InChI is InChI=1S/C35H24N4O.Pt/c1-3-13-33-31(11-1)35(32-12-2-4-14-34(32)40-33)27-9-5-7-25(17-27)19-36-21-29-15-16-30-22-37(24-39(30)38(29)23-36)20-26-8-6-10-28(35)18-26;/h1-16,21-24H,19-20H2;/q-4;+4. The van der Waals surface area contributed by atoms with Crippen molar-refractivity contribution in [1.82, 2.24) is 18.5 Å². The first-order valence-electron chi connectivity index (χ1n) is 13.6. The van der Waals surface area contributed by atoms with Crippen molar-refractivity contribution in [1.29, 1.82) is 0 Å². The van der Waals surface area contributed by atoms with Gasteiger partial charge in [-0.1, -0.05) is 47.8 Å². The Bertz CT molecular complexity index is 1880. The predicted octanol–water partition coefficient (Wildman–Crippen LogP) is 6.81. The van der Waals surface area contributed by atoms with Crippen LogP contribution in [0.15, 0.2) is 122 Å². The molecule has 0 atom stereocenters. The summed E-state index contributed by atoms with van der Waals surface area (Å²) in [5, 5.41) is 0. The molecule has 0 aliphatic carbocycles. The second-order valence-corrected chi connectivity index (χ2v) is 10.7. The van der Waals surface area contributed by atoms with E-state index in [1.54, 1.807) is 0 Å². The molecule has 1 spiro atoms. The van der Waals surface area contributed by atoms with Gasteiger partial charge in [0.05, 0.1) is 0 Å². The molecule has 5 nitrogen and oxygen atoms in total. The van der Waals surface area contributed by atoms with Crippen LogP contribution >= 0.6 is 0 Å². The Hall–Kier alpha value is -4.47. The van der Waals surface area contributed by atoms with Crippen LogP contribution in [0.3, 0.4) is 0 Å². The molecule has 0 saturated carbocycles. The zero-order valence-electron chi connectivity index (χ0n) is 22.0. The molecule has 9 rings (SSSR count). The van der Waals surface area contributed by atoms with Crippen LogP contribution in [0.25, 0.3) is 11.4 Å². The maximum Gasteiger partial charge on any atom is 4.00 e. The zero-order chi connectivity index (χ0) is 26.3. The average molecular weight is 712 g/mol. The maximum absolute atomic E-state index is 6.50. The van der Waals surface area contributed by atoms with E-state index in [9.17, 15) is 0 Å². The number of rotatable bonds is 0. The molecule has 4 aromatic rings. The Balaban J connectivity index is 0.00000256. The van der Waals surface area contributed by atoms with E-state index in [0.717, 1.165) is 56.3 Å². The van der Waals surface area contributed by atoms with Crippen molar-refractivity contribution in [2.24, 2.45) is 0 Å². The van der Waals surface area contributed by atoms with Gasteiger partial charge in [0.25, 0.3) is 0 Å². The summed E-state index contributed by atoms with van der Waals surface area (Å²) >= 11 is 0. The van der Waals surface area contributed by atoms with Gasteiger partial charge in [0, 0.05) is 29.6 Å². The van der Waals surface area contributed by atoms with Crippen molar-refractivity contribution >= 4 is 0 Å². The molecule has 0 N–H and O–H groups in total. The summed E-state index contributed by atoms with van der Waals surface area (Å²) in [7, 11) is 0. The third-order valence-corrected chi connectivity index (χ3v) is 8.32. The van der Waals surface area contributed by atoms with Gasteiger partial charge >= 0.3 is 21.1 Å². The summed E-state index contributed by atoms with van der Waals surface area (Å²) in [4.78, 5) is 0. The van der Waals surface area contributed by atoms with Crippen molar-refractivity contribution in [3.05, 3.63) is 168 Å². The predicted molar refractivity (Wildman–Crippen MR) is 153 cm³/mol. The van der Waals surface area contributed by atoms with Crippen LogP contribution in [0.1, 0.15) is 33.4 Å². The van der Waals surface area contributed by atoms with Crippen molar-refractivity contribution < 1.29 is 25.8 Å². The van der Waals surface area contributed by atoms with Crippen LogP contribution in [-0.2, 0) is 39.6 Å². The maximum atomic E-state index is 6.50. The van der Waals surface area contributed by atoms with Crippen LogP contribution in [0.2, 0.25) is 0 Å². The molecular weight excluding hydrogens is 687 g/mol. The van der Waals surface area contributed by atoms with E-state index in [-0.39, 0.29) is 21.1 Å². The summed E-state index contributed by atoms with van der Waals surface area (Å²) < 4.78 is 15.4. The van der Waals surface area contributed by atoms with Crippen LogP contribution in [0, 0.1) is 12.1 Å². The molecular formula is C35H24N4OPt. The number of ether oxygens (including phenoxy) is 1. The van der Waals surface area contributed by atoms with Gasteiger partial charge in [-0.25, -0.2) is 0 Å². The van der Waals surface area contributed by atoms with Crippen LogP contribution in [0.4, 0.5) is 0 Å². The number of fused-ring (bicyclic) bond motifs is 12. The SMILES string of the molecule is [Pt+4].[c-]1c2cccc1C1(c3[c-]c(ccc3)Cn3cc4ccc5cn([cH-]n-5n-4[cH-]3)C2)c2ccccc2Oc2ccccc21. The number of aromatic nitrogens is 4. The molecule has 200 valence electrons. The number of hydrogen-bond donors (Lipinski definition) is 0. The van der Waals surface area contributed by atoms with Gasteiger partial charge in [-0.05, 0) is 24.8 Å². The van der Waals surface area contributed by atoms with Crippen LogP contribution < -0.4 is 4.74 Å². The van der Waals surface area contributed by atoms with Crippen LogP contribution in [-0.4, -0.2) is 18.5 Å². The van der Waals surface area contributed by atoms with E-state index in [1.807, 2.05) is 12.1 Å². The third-order valence-electron chi connectivity index (χ3n) is 8.32. The smallest absolute Gasteiger partial charge is 0.457 e. The van der Waals surface area contributed by atoms with Crippen LogP contribution in [0.5, 0.6) is 11.5 Å². The van der Waals surface area contributed by atoms with Crippen molar-refractivity contribution in [3.63, 3.8) is 0 Å².